The predicted molar refractivity (Wildman–Crippen MR) is 194 cm³/mol. The van der Waals surface area contributed by atoms with Crippen LogP contribution in [-0.2, 0) is 22.8 Å². The highest BCUT2D eigenvalue weighted by molar-refractivity contribution is 6.03. The van der Waals surface area contributed by atoms with E-state index in [-0.39, 0.29) is 23.7 Å². The van der Waals surface area contributed by atoms with Crippen molar-refractivity contribution in [3.05, 3.63) is 93.9 Å². The summed E-state index contributed by atoms with van der Waals surface area (Å²) in [5, 5.41) is 9.83. The van der Waals surface area contributed by atoms with Crippen LogP contribution in [0.3, 0.4) is 0 Å². The number of nitrogens with one attached hydrogen (secondary N) is 2. The van der Waals surface area contributed by atoms with Crippen molar-refractivity contribution >= 4 is 40.0 Å². The molecule has 5 aromatic rings. The molecule has 12 nitrogen and oxygen atoms in total. The molecule has 0 radical (unpaired) electrons. The predicted octanol–water partition coefficient (Wildman–Crippen LogP) is 5.78. The topological polar surface area (TPSA) is 136 Å². The maximum absolute atomic E-state index is 13.4. The van der Waals surface area contributed by atoms with Gasteiger partial charge < -0.3 is 10.2 Å². The first-order chi connectivity index (χ1) is 25.9. The number of anilines is 1. The van der Waals surface area contributed by atoms with Gasteiger partial charge in [0, 0.05) is 37.8 Å². The molecule has 2 aliphatic heterocycles. The number of nitrogens with zero attached hydrogens (tertiary/aromatic N) is 6. The number of pyridine rings is 2. The fraction of sp³-hybridized carbons (Fsp3) is 0.436. The van der Waals surface area contributed by atoms with E-state index in [4.69, 9.17) is 5.10 Å². The lowest BCUT2D eigenvalue weighted by atomic mass is 9.80. The minimum atomic E-state index is -4.64. The second-order valence-electron chi connectivity index (χ2n) is 14.9. The molecule has 6 heterocycles. The minimum absolute atomic E-state index is 0.209. The number of piperidine rings is 2. The molecule has 3 fully saturated rings. The molecule has 4 aromatic heterocycles. The van der Waals surface area contributed by atoms with Gasteiger partial charge in [0.15, 0.2) is 0 Å². The van der Waals surface area contributed by atoms with Gasteiger partial charge in [0.25, 0.3) is 5.91 Å². The number of fused-ring (bicyclic) bond motifs is 2. The Hall–Kier alpha value is -5.31. The number of hydrogen-bond acceptors (Lipinski definition) is 7. The number of hydrogen-bond donors (Lipinski definition) is 2. The summed E-state index contributed by atoms with van der Waals surface area (Å²) in [4.78, 5) is 56.6. The molecule has 54 heavy (non-hydrogen) atoms. The highest BCUT2D eigenvalue weighted by Gasteiger charge is 2.34. The van der Waals surface area contributed by atoms with Crippen molar-refractivity contribution in [1.29, 1.82) is 0 Å². The number of imidazole rings is 1. The Labute approximate surface area is 308 Å². The average Bonchev–Trinajstić information content (AvgIpc) is 3.70. The van der Waals surface area contributed by atoms with Gasteiger partial charge in [0.1, 0.15) is 17.4 Å². The van der Waals surface area contributed by atoms with Crippen LogP contribution in [0.5, 0.6) is 0 Å². The smallest absolute Gasteiger partial charge is 0.321 e. The maximum atomic E-state index is 13.4. The van der Waals surface area contributed by atoms with Crippen LogP contribution in [0.4, 0.5) is 18.9 Å². The molecule has 0 bridgehead atoms. The summed E-state index contributed by atoms with van der Waals surface area (Å²) < 4.78 is 44.2. The fourth-order valence-electron chi connectivity index (χ4n) is 8.67. The van der Waals surface area contributed by atoms with Gasteiger partial charge in [-0.25, -0.2) is 14.3 Å². The first-order valence-electron chi connectivity index (χ1n) is 18.5. The summed E-state index contributed by atoms with van der Waals surface area (Å²) in [7, 11) is 1.76. The standard InChI is InChI=1S/C39H41F3N8O4/c1-47-35-28(4-2-6-31(35)50(38(47)54)32-12-13-34(51)45-37(32)53)24-14-17-48(18-15-24)22-23-8-10-25(11-9-23)30-21-27-20-26(16-19-49(27)46-30)43-36(52)29-5-3-7-33(44-29)39(40,41)42/h2-7,16,19-21,23-25,32H,8-15,17-18,22H2,1H3,(H,43,52)(H,45,51,53)/t23-,25-,32?. The molecule has 0 spiro atoms. The third-order valence-corrected chi connectivity index (χ3v) is 11.5. The second-order valence-corrected chi connectivity index (χ2v) is 14.9. The number of amides is 3. The summed E-state index contributed by atoms with van der Waals surface area (Å²) in [6.07, 6.45) is 3.81. The molecule has 282 valence electrons. The maximum Gasteiger partial charge on any atom is 0.433 e. The van der Waals surface area contributed by atoms with Gasteiger partial charge in [-0.05, 0) is 112 Å². The van der Waals surface area contributed by atoms with Crippen LogP contribution in [0.1, 0.15) is 96.7 Å². The normalized spacial score (nSPS) is 21.8. The number of alkyl halides is 3. The second kappa shape index (κ2) is 14.2. The Morgan fingerprint density at radius 1 is 0.926 bits per heavy atom. The van der Waals surface area contributed by atoms with E-state index in [2.05, 4.69) is 26.6 Å². The van der Waals surface area contributed by atoms with Crippen molar-refractivity contribution in [1.82, 2.24) is 33.9 Å². The van der Waals surface area contributed by atoms with Gasteiger partial charge in [-0.3, -0.25) is 28.8 Å². The first kappa shape index (κ1) is 35.7. The monoisotopic (exact) mass is 742 g/mol. The molecule has 3 aliphatic rings. The number of aromatic nitrogens is 5. The molecule has 1 unspecified atom stereocenters. The van der Waals surface area contributed by atoms with E-state index in [1.165, 1.54) is 6.07 Å². The lowest BCUT2D eigenvalue weighted by Crippen LogP contribution is -2.44. The number of benzene rings is 1. The molecular formula is C39H41F3N8O4. The summed E-state index contributed by atoms with van der Waals surface area (Å²) >= 11 is 0. The van der Waals surface area contributed by atoms with Gasteiger partial charge in [-0.15, -0.1) is 0 Å². The quantitative estimate of drug-likeness (QED) is 0.202. The lowest BCUT2D eigenvalue weighted by Gasteiger charge is -2.36. The minimum Gasteiger partial charge on any atom is -0.321 e. The Morgan fingerprint density at radius 2 is 1.69 bits per heavy atom. The van der Waals surface area contributed by atoms with Crippen molar-refractivity contribution in [2.75, 3.05) is 25.0 Å². The van der Waals surface area contributed by atoms with Gasteiger partial charge in [0.05, 0.1) is 22.2 Å². The zero-order chi connectivity index (χ0) is 37.7. The number of rotatable bonds is 7. The Bertz CT molecular complexity index is 2310. The highest BCUT2D eigenvalue weighted by Crippen LogP contribution is 2.38. The molecule has 1 atom stereocenters. The number of carbonyl (C=O) groups is 3. The van der Waals surface area contributed by atoms with Crippen molar-refractivity contribution < 1.29 is 27.6 Å². The number of imide groups is 1. The van der Waals surface area contributed by atoms with Crippen LogP contribution < -0.4 is 16.3 Å². The number of likely N-dealkylation sites (tertiary alicyclic amines) is 1. The molecule has 3 amide bonds. The molecule has 2 saturated heterocycles. The largest absolute Gasteiger partial charge is 0.433 e. The molecule has 2 N–H and O–H groups in total. The van der Waals surface area contributed by atoms with Gasteiger partial charge >= 0.3 is 11.9 Å². The Balaban J connectivity index is 0.857. The zero-order valence-corrected chi connectivity index (χ0v) is 29.8. The number of halogens is 3. The van der Waals surface area contributed by atoms with Crippen molar-refractivity contribution in [2.45, 2.75) is 75.4 Å². The van der Waals surface area contributed by atoms with E-state index in [9.17, 15) is 32.3 Å². The molecule has 1 aromatic carbocycles. The van der Waals surface area contributed by atoms with E-state index < -0.39 is 29.7 Å². The third-order valence-electron chi connectivity index (χ3n) is 11.5. The first-order valence-corrected chi connectivity index (χ1v) is 18.5. The van der Waals surface area contributed by atoms with Crippen molar-refractivity contribution in [2.24, 2.45) is 13.0 Å². The Kier molecular flexibility index (Phi) is 9.36. The van der Waals surface area contributed by atoms with E-state index in [0.29, 0.717) is 29.9 Å². The van der Waals surface area contributed by atoms with Crippen LogP contribution >= 0.6 is 0 Å². The summed E-state index contributed by atoms with van der Waals surface area (Å²) in [6, 6.07) is 13.9. The summed E-state index contributed by atoms with van der Waals surface area (Å²) in [6.45, 7) is 2.98. The van der Waals surface area contributed by atoms with E-state index in [1.807, 2.05) is 18.2 Å². The lowest BCUT2D eigenvalue weighted by molar-refractivity contribution is -0.141. The summed E-state index contributed by atoms with van der Waals surface area (Å²) in [5.41, 5.74) is 3.27. The van der Waals surface area contributed by atoms with Crippen LogP contribution in [0, 0.1) is 5.92 Å². The third kappa shape index (κ3) is 6.92. The Morgan fingerprint density at radius 3 is 2.43 bits per heavy atom. The SMILES string of the molecule is Cn1c(=O)n(C2CCC(=O)NC2=O)c2cccc(C3CCN(C[C@H]4CC[C@H](c5cc6cc(NC(=O)c7cccc(C(F)(F)F)n7)ccn6n5)CC4)CC3)c21. The fourth-order valence-corrected chi connectivity index (χ4v) is 8.67. The zero-order valence-electron chi connectivity index (χ0n) is 29.8. The van der Waals surface area contributed by atoms with Gasteiger partial charge in [-0.2, -0.15) is 18.3 Å². The van der Waals surface area contributed by atoms with E-state index in [0.717, 1.165) is 98.1 Å². The molecule has 15 heteroatoms. The van der Waals surface area contributed by atoms with Crippen LogP contribution in [0.25, 0.3) is 16.6 Å². The number of carbonyl (C=O) groups excluding carboxylic acids is 3. The van der Waals surface area contributed by atoms with E-state index >= 15 is 0 Å². The number of para-hydroxylation sites is 1. The van der Waals surface area contributed by atoms with Crippen molar-refractivity contribution in [3.8, 4) is 0 Å². The van der Waals surface area contributed by atoms with Gasteiger partial charge in [0.2, 0.25) is 11.8 Å². The van der Waals surface area contributed by atoms with Crippen LogP contribution in [0.2, 0.25) is 0 Å². The molecule has 8 rings (SSSR count). The average molecular weight is 743 g/mol. The van der Waals surface area contributed by atoms with Gasteiger partial charge in [-0.1, -0.05) is 18.2 Å². The molecular weight excluding hydrogens is 701 g/mol. The molecule has 1 aliphatic carbocycles. The number of aryl methyl sites for hydroxylation is 1. The molecule has 1 saturated carbocycles. The highest BCUT2D eigenvalue weighted by atomic mass is 19.4. The van der Waals surface area contributed by atoms with Crippen LogP contribution in [-0.4, -0.2) is 66.0 Å². The summed E-state index contributed by atoms with van der Waals surface area (Å²) in [5.74, 6) is -0.252. The van der Waals surface area contributed by atoms with Crippen LogP contribution in [0.15, 0.2) is 65.6 Å². The van der Waals surface area contributed by atoms with Crippen molar-refractivity contribution in [3.63, 3.8) is 0 Å². The van der Waals surface area contributed by atoms with E-state index in [1.54, 1.807) is 39.0 Å².